The lowest BCUT2D eigenvalue weighted by molar-refractivity contribution is 0.0611. The molecule has 1 aliphatic rings. The van der Waals surface area contributed by atoms with Gasteiger partial charge in [0.25, 0.3) is 5.91 Å². The summed E-state index contributed by atoms with van der Waals surface area (Å²) in [5.74, 6) is 1.39. The molecule has 1 aliphatic heterocycles. The van der Waals surface area contributed by atoms with E-state index < -0.39 is 0 Å². The quantitative estimate of drug-likeness (QED) is 0.600. The highest BCUT2D eigenvalue weighted by atomic mass is 32.1. The molecule has 0 aliphatic carbocycles. The van der Waals surface area contributed by atoms with Crippen LogP contribution in [0.4, 0.5) is 5.95 Å². The largest absolute Gasteiger partial charge is 0.497 e. The van der Waals surface area contributed by atoms with Gasteiger partial charge in [-0.3, -0.25) is 4.79 Å². The summed E-state index contributed by atoms with van der Waals surface area (Å²) >= 11 is 1.15. The van der Waals surface area contributed by atoms with Crippen LogP contribution in [0.3, 0.4) is 0 Å². The maximum absolute atomic E-state index is 13.4. The third kappa shape index (κ3) is 4.23. The molecule has 162 valence electrons. The number of piperidine rings is 1. The molecular weight excluding hydrogens is 412 g/mol. The number of aryl methyl sites for hydroxylation is 1. The second-order valence-corrected chi connectivity index (χ2v) is 8.54. The van der Waals surface area contributed by atoms with E-state index in [0.29, 0.717) is 23.1 Å². The molecule has 2 aromatic heterocycles. The predicted octanol–water partition coefficient (Wildman–Crippen LogP) is 3.75. The number of likely N-dealkylation sites (tertiary alicyclic amines) is 1. The Morgan fingerprint density at radius 2 is 2.00 bits per heavy atom. The highest BCUT2D eigenvalue weighted by Gasteiger charge is 2.33. The van der Waals surface area contributed by atoms with Crippen LogP contribution in [-0.2, 0) is 0 Å². The number of methoxy groups -OCH3 is 1. The Labute approximate surface area is 186 Å². The fourth-order valence-corrected chi connectivity index (χ4v) is 4.48. The minimum absolute atomic E-state index is 0.0251. The zero-order chi connectivity index (χ0) is 22.0. The van der Waals surface area contributed by atoms with E-state index in [1.807, 2.05) is 61.3 Å². The lowest BCUT2D eigenvalue weighted by atomic mass is 9.93. The van der Waals surface area contributed by atoms with Gasteiger partial charge < -0.3 is 14.5 Å². The predicted molar refractivity (Wildman–Crippen MR) is 121 cm³/mol. The molecule has 1 saturated heterocycles. The van der Waals surface area contributed by atoms with Crippen molar-refractivity contribution >= 4 is 23.4 Å². The van der Waals surface area contributed by atoms with Crippen molar-refractivity contribution < 1.29 is 9.53 Å². The Bertz CT molecular complexity index is 1070. The van der Waals surface area contributed by atoms with E-state index >= 15 is 0 Å². The monoisotopic (exact) mass is 438 g/mol. The maximum atomic E-state index is 13.4. The summed E-state index contributed by atoms with van der Waals surface area (Å²) in [6.07, 6.45) is 4.72. The molecule has 31 heavy (non-hydrogen) atoms. The van der Waals surface area contributed by atoms with Crippen molar-refractivity contribution in [2.24, 2.45) is 0 Å². The average molecular weight is 439 g/mol. The van der Waals surface area contributed by atoms with E-state index in [4.69, 9.17) is 9.72 Å². The Morgan fingerprint density at radius 1 is 1.23 bits per heavy atom. The number of ether oxygens (including phenoxy) is 1. The van der Waals surface area contributed by atoms with Crippen LogP contribution in [0, 0.1) is 6.92 Å². The molecular formula is C22H26N6O2S. The van der Waals surface area contributed by atoms with Gasteiger partial charge in [0.05, 0.1) is 24.5 Å². The molecule has 3 heterocycles. The molecule has 0 radical (unpaired) electrons. The minimum Gasteiger partial charge on any atom is -0.497 e. The highest BCUT2D eigenvalue weighted by Crippen LogP contribution is 2.38. The van der Waals surface area contributed by atoms with Gasteiger partial charge in [-0.25, -0.2) is 9.97 Å². The van der Waals surface area contributed by atoms with Crippen LogP contribution in [0.25, 0.3) is 11.1 Å². The lowest BCUT2D eigenvalue weighted by Gasteiger charge is -2.36. The second kappa shape index (κ2) is 8.97. The SMILES string of the molecule is COc1ccc(-c2cnc(N(C)C)nc2[C@H]2CCCCN2C(=O)c2snnc2C)cc1. The summed E-state index contributed by atoms with van der Waals surface area (Å²) < 4.78 is 9.26. The van der Waals surface area contributed by atoms with Crippen molar-refractivity contribution in [3.8, 4) is 16.9 Å². The van der Waals surface area contributed by atoms with Gasteiger partial charge in [-0.05, 0) is 55.4 Å². The molecule has 3 aromatic rings. The number of benzene rings is 1. The van der Waals surface area contributed by atoms with E-state index in [1.54, 1.807) is 7.11 Å². The summed E-state index contributed by atoms with van der Waals surface area (Å²) in [4.78, 5) is 27.3. The van der Waals surface area contributed by atoms with Gasteiger partial charge >= 0.3 is 0 Å². The van der Waals surface area contributed by atoms with E-state index in [9.17, 15) is 4.79 Å². The summed E-state index contributed by atoms with van der Waals surface area (Å²) in [5.41, 5.74) is 3.46. The van der Waals surface area contributed by atoms with Crippen molar-refractivity contribution in [3.05, 3.63) is 46.7 Å². The zero-order valence-electron chi connectivity index (χ0n) is 18.2. The van der Waals surface area contributed by atoms with Crippen molar-refractivity contribution in [2.45, 2.75) is 32.2 Å². The first kappa shape index (κ1) is 21.2. The van der Waals surface area contributed by atoms with Crippen molar-refractivity contribution in [1.82, 2.24) is 24.5 Å². The normalized spacial score (nSPS) is 16.3. The molecule has 9 heteroatoms. The maximum Gasteiger partial charge on any atom is 0.268 e. The number of carbonyl (C=O) groups is 1. The van der Waals surface area contributed by atoms with Crippen molar-refractivity contribution in [2.75, 3.05) is 32.6 Å². The number of amides is 1. The molecule has 0 spiro atoms. The van der Waals surface area contributed by atoms with Crippen LogP contribution in [-0.4, -0.2) is 58.1 Å². The summed E-state index contributed by atoms with van der Waals surface area (Å²) in [5, 5.41) is 4.03. The first-order valence-corrected chi connectivity index (χ1v) is 11.1. The number of rotatable bonds is 5. The number of anilines is 1. The van der Waals surface area contributed by atoms with E-state index in [2.05, 4.69) is 14.6 Å². The molecule has 0 bridgehead atoms. The van der Waals surface area contributed by atoms with Gasteiger partial charge in [-0.2, -0.15) is 0 Å². The van der Waals surface area contributed by atoms with E-state index in [-0.39, 0.29) is 11.9 Å². The smallest absolute Gasteiger partial charge is 0.268 e. The van der Waals surface area contributed by atoms with Gasteiger partial charge in [0.2, 0.25) is 5.95 Å². The number of hydrogen-bond acceptors (Lipinski definition) is 8. The first-order chi connectivity index (χ1) is 15.0. The lowest BCUT2D eigenvalue weighted by Crippen LogP contribution is -2.39. The van der Waals surface area contributed by atoms with Gasteiger partial charge in [0, 0.05) is 32.4 Å². The third-order valence-corrected chi connectivity index (χ3v) is 6.35. The first-order valence-electron chi connectivity index (χ1n) is 10.3. The minimum atomic E-state index is -0.137. The van der Waals surface area contributed by atoms with Gasteiger partial charge in [-0.15, -0.1) is 5.10 Å². The molecule has 1 aromatic carbocycles. The molecule has 0 saturated carbocycles. The number of hydrogen-bond donors (Lipinski definition) is 0. The second-order valence-electron chi connectivity index (χ2n) is 7.79. The molecule has 1 amide bonds. The highest BCUT2D eigenvalue weighted by molar-refractivity contribution is 7.07. The molecule has 4 rings (SSSR count). The summed E-state index contributed by atoms with van der Waals surface area (Å²) in [7, 11) is 5.49. The van der Waals surface area contributed by atoms with Crippen LogP contribution < -0.4 is 9.64 Å². The summed E-state index contributed by atoms with van der Waals surface area (Å²) in [6, 6.07) is 7.72. The Hall–Kier alpha value is -3.07. The van der Waals surface area contributed by atoms with E-state index in [1.165, 1.54) is 0 Å². The van der Waals surface area contributed by atoms with Gasteiger partial charge in [0.15, 0.2) is 0 Å². The zero-order valence-corrected chi connectivity index (χ0v) is 19.0. The van der Waals surface area contributed by atoms with Gasteiger partial charge in [0.1, 0.15) is 10.6 Å². The molecule has 0 unspecified atom stereocenters. The Morgan fingerprint density at radius 3 is 2.65 bits per heavy atom. The average Bonchev–Trinajstić information content (AvgIpc) is 3.24. The van der Waals surface area contributed by atoms with Crippen LogP contribution in [0.5, 0.6) is 5.75 Å². The topological polar surface area (TPSA) is 84.3 Å². The number of carbonyl (C=O) groups excluding carboxylic acids is 1. The Kier molecular flexibility index (Phi) is 6.13. The van der Waals surface area contributed by atoms with Crippen LogP contribution in [0.2, 0.25) is 0 Å². The molecule has 1 fully saturated rings. The third-order valence-electron chi connectivity index (χ3n) is 5.53. The van der Waals surface area contributed by atoms with Crippen LogP contribution in [0.15, 0.2) is 30.5 Å². The van der Waals surface area contributed by atoms with E-state index in [0.717, 1.165) is 53.4 Å². The Balaban J connectivity index is 1.80. The van der Waals surface area contributed by atoms with Crippen LogP contribution >= 0.6 is 11.5 Å². The van der Waals surface area contributed by atoms with Crippen LogP contribution in [0.1, 0.15) is 46.4 Å². The fourth-order valence-electron chi connectivity index (χ4n) is 3.86. The molecule has 0 N–H and O–H groups in total. The van der Waals surface area contributed by atoms with Crippen molar-refractivity contribution in [1.29, 1.82) is 0 Å². The number of aromatic nitrogens is 4. The number of nitrogens with zero attached hydrogens (tertiary/aromatic N) is 6. The molecule has 1 atom stereocenters. The molecule has 8 nitrogen and oxygen atoms in total. The van der Waals surface area contributed by atoms with Crippen molar-refractivity contribution in [3.63, 3.8) is 0 Å². The fraction of sp³-hybridized carbons (Fsp3) is 0.409. The summed E-state index contributed by atoms with van der Waals surface area (Å²) in [6.45, 7) is 2.51. The standard InChI is InChI=1S/C22H26N6O2S/c1-14-20(31-26-25-14)21(29)28-12-6-5-7-18(28)19-17(13-23-22(24-19)27(2)3)15-8-10-16(30-4)11-9-15/h8-11,13,18H,5-7,12H2,1-4H3/t18-/m1/s1. The van der Waals surface area contributed by atoms with Gasteiger partial charge in [-0.1, -0.05) is 16.6 Å².